The monoisotopic (exact) mass is 464 g/mol. The van der Waals surface area contributed by atoms with Crippen molar-refractivity contribution < 1.29 is 18.3 Å². The molecule has 0 aliphatic carbocycles. The highest BCUT2D eigenvalue weighted by molar-refractivity contribution is 9.10. The molecule has 0 amide bonds. The van der Waals surface area contributed by atoms with E-state index in [9.17, 15) is 18.3 Å². The third kappa shape index (κ3) is 6.32. The largest absolute Gasteiger partial charge is 0.507 e. The highest BCUT2D eigenvalue weighted by atomic mass is 79.9. The molecular weight excluding hydrogens is 444 g/mol. The quantitative estimate of drug-likeness (QED) is 0.619. The average molecular weight is 466 g/mol. The van der Waals surface area contributed by atoms with Gasteiger partial charge in [0.15, 0.2) is 0 Å². The number of nitrogens with zero attached hydrogens (tertiary/aromatic N) is 1. The second-order valence-electron chi connectivity index (χ2n) is 5.85. The van der Waals surface area contributed by atoms with E-state index in [0.717, 1.165) is 24.7 Å². The topological polar surface area (TPSA) is 35.5 Å². The Morgan fingerprint density at radius 2 is 1.88 bits per heavy atom. The molecule has 0 bridgehead atoms. The predicted octanol–water partition coefficient (Wildman–Crippen LogP) is 4.93. The second kappa shape index (κ2) is 10.0. The van der Waals surface area contributed by atoms with Crippen LogP contribution in [0, 0.1) is 0 Å². The van der Waals surface area contributed by atoms with Crippen molar-refractivity contribution >= 4 is 40.7 Å². The molecule has 0 radical (unpaired) electrons. The van der Waals surface area contributed by atoms with E-state index in [1.807, 2.05) is 6.92 Å². The first-order chi connectivity index (χ1) is 10.7. The van der Waals surface area contributed by atoms with Gasteiger partial charge >= 0.3 is 6.18 Å². The second-order valence-corrected chi connectivity index (χ2v) is 6.77. The normalized spacial score (nSPS) is 16.5. The Hall–Kier alpha value is -0.470. The van der Waals surface area contributed by atoms with E-state index >= 15 is 0 Å². The van der Waals surface area contributed by atoms with E-state index in [1.165, 1.54) is 0 Å². The molecule has 1 heterocycles. The molecule has 9 heteroatoms. The van der Waals surface area contributed by atoms with Crippen molar-refractivity contribution in [2.75, 3.05) is 26.2 Å². The SMILES string of the molecule is C=C(C)C[C@H](c1cc(Br)cc(C(F)(F)F)c1O)N1CCNCC1.Cl.Cl. The van der Waals surface area contributed by atoms with E-state index in [2.05, 4.69) is 32.7 Å². The molecule has 2 rings (SSSR count). The summed E-state index contributed by atoms with van der Waals surface area (Å²) in [5, 5.41) is 13.5. The maximum atomic E-state index is 13.2. The number of hydrogen-bond acceptors (Lipinski definition) is 3. The minimum Gasteiger partial charge on any atom is -0.507 e. The Morgan fingerprint density at radius 3 is 2.36 bits per heavy atom. The minimum atomic E-state index is -4.60. The fourth-order valence-electron chi connectivity index (χ4n) is 2.85. The fourth-order valence-corrected chi connectivity index (χ4v) is 3.33. The van der Waals surface area contributed by atoms with Crippen LogP contribution in [0.25, 0.3) is 0 Å². The van der Waals surface area contributed by atoms with Crippen LogP contribution in [0.4, 0.5) is 13.2 Å². The van der Waals surface area contributed by atoms with Crippen LogP contribution >= 0.6 is 40.7 Å². The van der Waals surface area contributed by atoms with Gasteiger partial charge in [0.1, 0.15) is 5.75 Å². The van der Waals surface area contributed by atoms with E-state index < -0.39 is 17.5 Å². The molecule has 1 saturated heterocycles. The molecule has 1 aliphatic rings. The van der Waals surface area contributed by atoms with E-state index in [4.69, 9.17) is 0 Å². The summed E-state index contributed by atoms with van der Waals surface area (Å²) in [6, 6.07) is 2.16. The summed E-state index contributed by atoms with van der Waals surface area (Å²) in [6.45, 7) is 8.69. The zero-order valence-electron chi connectivity index (χ0n) is 13.7. The standard InChI is InChI=1S/C16H20BrF3N2O.2ClH/c1-10(2)7-14(22-5-3-21-4-6-22)12-8-11(17)9-13(15(12)23)16(18,19)20;;/h8-9,14,21,23H,1,3-7H2,2H3;2*1H/t14-;;/m1../s1. The summed E-state index contributed by atoms with van der Waals surface area (Å²) in [5.41, 5.74) is 0.141. The van der Waals surface area contributed by atoms with Gasteiger partial charge in [0, 0.05) is 42.3 Å². The molecule has 0 spiro atoms. The van der Waals surface area contributed by atoms with Crippen LogP contribution < -0.4 is 5.32 Å². The van der Waals surface area contributed by atoms with Gasteiger partial charge in [0.2, 0.25) is 0 Å². The average Bonchev–Trinajstić information content (AvgIpc) is 2.46. The Balaban J connectivity index is 0.00000288. The third-order valence-corrected chi connectivity index (χ3v) is 4.36. The molecule has 1 fully saturated rings. The predicted molar refractivity (Wildman–Crippen MR) is 102 cm³/mol. The number of alkyl halides is 3. The lowest BCUT2D eigenvalue weighted by Gasteiger charge is -2.36. The lowest BCUT2D eigenvalue weighted by atomic mass is 9.95. The zero-order chi connectivity index (χ0) is 17.2. The maximum absolute atomic E-state index is 13.2. The van der Waals surface area contributed by atoms with Crippen molar-refractivity contribution in [3.63, 3.8) is 0 Å². The molecule has 25 heavy (non-hydrogen) atoms. The summed E-state index contributed by atoms with van der Waals surface area (Å²) >= 11 is 3.13. The summed E-state index contributed by atoms with van der Waals surface area (Å²) in [5.74, 6) is -0.689. The van der Waals surface area contributed by atoms with Gasteiger partial charge in [-0.3, -0.25) is 4.90 Å². The summed E-state index contributed by atoms with van der Waals surface area (Å²) in [4.78, 5) is 2.09. The number of phenols is 1. The number of rotatable bonds is 4. The first-order valence-corrected chi connectivity index (χ1v) is 8.18. The van der Waals surface area contributed by atoms with Gasteiger partial charge in [-0.25, -0.2) is 0 Å². The van der Waals surface area contributed by atoms with Gasteiger partial charge in [-0.15, -0.1) is 31.4 Å². The number of aromatic hydroxyl groups is 1. The van der Waals surface area contributed by atoms with Crippen LogP contribution in [0.3, 0.4) is 0 Å². The Bertz CT molecular complexity index is 593. The van der Waals surface area contributed by atoms with Crippen molar-refractivity contribution in [1.29, 1.82) is 0 Å². The van der Waals surface area contributed by atoms with Crippen molar-refractivity contribution in [1.82, 2.24) is 10.2 Å². The molecule has 0 aromatic heterocycles. The molecule has 1 aliphatic heterocycles. The first-order valence-electron chi connectivity index (χ1n) is 7.39. The number of hydrogen-bond donors (Lipinski definition) is 2. The fraction of sp³-hybridized carbons (Fsp3) is 0.500. The van der Waals surface area contributed by atoms with Crippen LogP contribution in [0.15, 0.2) is 28.8 Å². The van der Waals surface area contributed by atoms with Crippen LogP contribution in [0.2, 0.25) is 0 Å². The van der Waals surface area contributed by atoms with Crippen molar-refractivity contribution in [3.05, 3.63) is 39.9 Å². The molecule has 1 aromatic rings. The molecule has 0 unspecified atom stereocenters. The summed E-state index contributed by atoms with van der Waals surface area (Å²) < 4.78 is 39.8. The number of phenolic OH excluding ortho intramolecular Hbond substituents is 1. The summed E-state index contributed by atoms with van der Waals surface area (Å²) in [6.07, 6.45) is -4.10. The lowest BCUT2D eigenvalue weighted by Crippen LogP contribution is -2.45. The lowest BCUT2D eigenvalue weighted by molar-refractivity contribution is -0.138. The van der Waals surface area contributed by atoms with Crippen molar-refractivity contribution in [2.45, 2.75) is 25.6 Å². The van der Waals surface area contributed by atoms with Gasteiger partial charge < -0.3 is 10.4 Å². The number of nitrogens with one attached hydrogen (secondary N) is 1. The zero-order valence-corrected chi connectivity index (χ0v) is 16.9. The van der Waals surface area contributed by atoms with Crippen LogP contribution in [0.5, 0.6) is 5.75 Å². The highest BCUT2D eigenvalue weighted by Crippen LogP contribution is 2.43. The van der Waals surface area contributed by atoms with Crippen LogP contribution in [-0.2, 0) is 6.18 Å². The first kappa shape index (κ1) is 24.5. The molecule has 2 N–H and O–H groups in total. The van der Waals surface area contributed by atoms with Crippen molar-refractivity contribution in [3.8, 4) is 5.75 Å². The highest BCUT2D eigenvalue weighted by Gasteiger charge is 2.37. The minimum absolute atomic E-state index is 0. The van der Waals surface area contributed by atoms with Crippen LogP contribution in [0.1, 0.15) is 30.5 Å². The molecular formula is C16H22BrCl2F3N2O. The molecule has 1 aromatic carbocycles. The smallest absolute Gasteiger partial charge is 0.420 e. The van der Waals surface area contributed by atoms with Gasteiger partial charge in [-0.05, 0) is 25.5 Å². The molecule has 1 atom stereocenters. The number of halogens is 6. The van der Waals surface area contributed by atoms with E-state index in [1.54, 1.807) is 6.07 Å². The third-order valence-electron chi connectivity index (χ3n) is 3.90. The van der Waals surface area contributed by atoms with E-state index in [-0.39, 0.29) is 36.4 Å². The maximum Gasteiger partial charge on any atom is 0.420 e. The molecule has 144 valence electrons. The van der Waals surface area contributed by atoms with Gasteiger partial charge in [-0.1, -0.05) is 21.5 Å². The van der Waals surface area contributed by atoms with E-state index in [0.29, 0.717) is 24.0 Å². The summed E-state index contributed by atoms with van der Waals surface area (Å²) in [7, 11) is 0. The number of piperazine rings is 1. The number of benzene rings is 1. The Morgan fingerprint density at radius 1 is 1.32 bits per heavy atom. The van der Waals surface area contributed by atoms with Gasteiger partial charge in [0.25, 0.3) is 0 Å². The Labute approximate surface area is 166 Å². The Kier molecular flexibility index (Phi) is 9.83. The van der Waals surface area contributed by atoms with Crippen LogP contribution in [-0.4, -0.2) is 36.2 Å². The van der Waals surface area contributed by atoms with Gasteiger partial charge in [-0.2, -0.15) is 13.2 Å². The van der Waals surface area contributed by atoms with Crippen molar-refractivity contribution in [2.24, 2.45) is 0 Å². The van der Waals surface area contributed by atoms with Gasteiger partial charge in [0.05, 0.1) is 5.56 Å². The molecule has 3 nitrogen and oxygen atoms in total. The molecule has 0 saturated carbocycles.